The van der Waals surface area contributed by atoms with E-state index in [9.17, 15) is 19.5 Å². The van der Waals surface area contributed by atoms with Gasteiger partial charge in [0.05, 0.1) is 23.7 Å². The number of aromatic nitrogens is 2. The molecule has 0 saturated heterocycles. The van der Waals surface area contributed by atoms with Gasteiger partial charge >= 0.3 is 5.97 Å². The molecule has 1 aromatic heterocycles. The van der Waals surface area contributed by atoms with Gasteiger partial charge in [-0.3, -0.25) is 19.1 Å². The van der Waals surface area contributed by atoms with Crippen molar-refractivity contribution < 1.29 is 19.5 Å². The van der Waals surface area contributed by atoms with Crippen molar-refractivity contribution in [3.8, 4) is 0 Å². The average Bonchev–Trinajstić information content (AvgIpc) is 2.90. The maximum Gasteiger partial charge on any atom is 0.307 e. The van der Waals surface area contributed by atoms with Crippen molar-refractivity contribution in [1.29, 1.82) is 0 Å². The molecule has 4 N–H and O–H groups in total. The lowest BCUT2D eigenvalue weighted by molar-refractivity contribution is -0.147. The molecule has 1 aliphatic rings. The minimum Gasteiger partial charge on any atom is -0.481 e. The van der Waals surface area contributed by atoms with Crippen molar-refractivity contribution >= 4 is 23.5 Å². The quantitative estimate of drug-likeness (QED) is 0.742. The van der Waals surface area contributed by atoms with Crippen molar-refractivity contribution in [2.45, 2.75) is 39.2 Å². The summed E-state index contributed by atoms with van der Waals surface area (Å²) < 4.78 is 1.40. The largest absolute Gasteiger partial charge is 0.481 e. The second kappa shape index (κ2) is 6.59. The number of hydrogen-bond acceptors (Lipinski definition) is 4. The number of hydrogen-bond donors (Lipinski definition) is 3. The monoisotopic (exact) mass is 308 g/mol. The molecule has 1 aliphatic carbocycles. The third-order valence-corrected chi connectivity index (χ3v) is 4.05. The predicted molar refractivity (Wildman–Crippen MR) is 78.1 cm³/mol. The number of carbonyl (C=O) groups excluding carboxylic acids is 2. The van der Waals surface area contributed by atoms with E-state index in [2.05, 4.69) is 10.4 Å². The Morgan fingerprint density at radius 1 is 1.36 bits per heavy atom. The summed E-state index contributed by atoms with van der Waals surface area (Å²) in [5, 5.41) is 15.8. The van der Waals surface area contributed by atoms with E-state index < -0.39 is 29.6 Å². The van der Waals surface area contributed by atoms with Gasteiger partial charge < -0.3 is 16.2 Å². The Balaban J connectivity index is 2.19. The third-order valence-electron chi connectivity index (χ3n) is 4.05. The molecule has 0 radical (unpaired) electrons. The Morgan fingerprint density at radius 3 is 2.55 bits per heavy atom. The molecule has 1 saturated carbocycles. The minimum atomic E-state index is -0.959. The molecule has 1 aromatic rings. The minimum absolute atomic E-state index is 0.124. The van der Waals surface area contributed by atoms with E-state index in [1.165, 1.54) is 10.9 Å². The van der Waals surface area contributed by atoms with Gasteiger partial charge in [0.25, 0.3) is 5.91 Å². The second-order valence-electron chi connectivity index (χ2n) is 5.41. The van der Waals surface area contributed by atoms with Crippen LogP contribution in [0.3, 0.4) is 0 Å². The molecule has 0 aromatic carbocycles. The Kier molecular flexibility index (Phi) is 4.79. The number of nitrogens with zero attached hydrogens (tertiary/aromatic N) is 2. The predicted octanol–water partition coefficient (Wildman–Crippen LogP) is 0.831. The number of primary amides is 1. The van der Waals surface area contributed by atoms with Gasteiger partial charge in [-0.25, -0.2) is 0 Å². The van der Waals surface area contributed by atoms with E-state index in [1.54, 1.807) is 6.92 Å². The zero-order valence-electron chi connectivity index (χ0n) is 12.4. The van der Waals surface area contributed by atoms with E-state index in [1.807, 2.05) is 0 Å². The smallest absolute Gasteiger partial charge is 0.307 e. The summed E-state index contributed by atoms with van der Waals surface area (Å²) in [4.78, 5) is 35.2. The van der Waals surface area contributed by atoms with Gasteiger partial charge in [-0.1, -0.05) is 12.8 Å². The van der Waals surface area contributed by atoms with Gasteiger partial charge in [0.1, 0.15) is 5.69 Å². The topological polar surface area (TPSA) is 127 Å². The fourth-order valence-electron chi connectivity index (χ4n) is 2.94. The third kappa shape index (κ3) is 3.10. The van der Waals surface area contributed by atoms with Crippen molar-refractivity contribution in [1.82, 2.24) is 9.78 Å². The van der Waals surface area contributed by atoms with Gasteiger partial charge in [-0.15, -0.1) is 0 Å². The molecule has 1 fully saturated rings. The molecule has 2 atom stereocenters. The number of carbonyl (C=O) groups is 3. The molecule has 2 amide bonds. The van der Waals surface area contributed by atoms with Crippen LogP contribution in [0.5, 0.6) is 0 Å². The van der Waals surface area contributed by atoms with E-state index in [0.717, 1.165) is 12.8 Å². The number of nitrogens with one attached hydrogen (secondary N) is 1. The Labute approximate surface area is 127 Å². The molecule has 0 bridgehead atoms. The molecule has 0 unspecified atom stereocenters. The number of carboxylic acid groups (broad SMARTS) is 1. The maximum atomic E-state index is 12.4. The number of nitrogens with two attached hydrogens (primary N) is 1. The summed E-state index contributed by atoms with van der Waals surface area (Å²) in [6, 6.07) is 0. The second-order valence-corrected chi connectivity index (χ2v) is 5.41. The fraction of sp³-hybridized carbons (Fsp3) is 0.571. The van der Waals surface area contributed by atoms with E-state index in [4.69, 9.17) is 5.73 Å². The number of aryl methyl sites for hydroxylation is 1. The molecular weight excluding hydrogens is 288 g/mol. The lowest BCUT2D eigenvalue weighted by Crippen LogP contribution is -2.36. The molecule has 0 aliphatic heterocycles. The number of anilines is 1. The molecule has 120 valence electrons. The Hall–Kier alpha value is -2.38. The molecule has 0 spiro atoms. The van der Waals surface area contributed by atoms with Crippen LogP contribution in [0.25, 0.3) is 0 Å². The molecule has 8 heteroatoms. The molecule has 8 nitrogen and oxygen atoms in total. The lowest BCUT2D eigenvalue weighted by atomic mass is 9.78. The summed E-state index contributed by atoms with van der Waals surface area (Å²) in [5.41, 5.74) is 5.67. The standard InChI is InChI=1S/C14H20N4O4/c1-2-18-11(12(15)19)10(7-16-18)17-13(20)8-5-3-4-6-9(8)14(21)22/h7-9H,2-6H2,1H3,(H2,15,19)(H,17,20)(H,21,22)/t8-,9+/m0/s1. The van der Waals surface area contributed by atoms with Crippen LogP contribution in [-0.2, 0) is 16.1 Å². The van der Waals surface area contributed by atoms with Gasteiger partial charge in [0, 0.05) is 6.54 Å². The molecule has 22 heavy (non-hydrogen) atoms. The van der Waals surface area contributed by atoms with Crippen molar-refractivity contribution in [2.75, 3.05) is 5.32 Å². The van der Waals surface area contributed by atoms with Gasteiger partial charge in [0.15, 0.2) is 0 Å². The molecule has 2 rings (SSSR count). The number of aliphatic carboxylic acids is 1. The van der Waals surface area contributed by atoms with Gasteiger partial charge in [-0.2, -0.15) is 5.10 Å². The highest BCUT2D eigenvalue weighted by Gasteiger charge is 2.36. The number of rotatable bonds is 5. The summed E-state index contributed by atoms with van der Waals surface area (Å²) in [5.74, 6) is -3.33. The Morgan fingerprint density at radius 2 is 2.00 bits per heavy atom. The first-order valence-corrected chi connectivity index (χ1v) is 7.35. The number of carboxylic acids is 1. The highest BCUT2D eigenvalue weighted by molar-refractivity contribution is 6.02. The van der Waals surface area contributed by atoms with Crippen LogP contribution >= 0.6 is 0 Å². The van der Waals surface area contributed by atoms with Crippen LogP contribution < -0.4 is 11.1 Å². The first kappa shape index (κ1) is 16.0. The van der Waals surface area contributed by atoms with E-state index in [0.29, 0.717) is 19.4 Å². The van der Waals surface area contributed by atoms with Crippen LogP contribution in [0.1, 0.15) is 43.1 Å². The van der Waals surface area contributed by atoms with E-state index in [-0.39, 0.29) is 11.4 Å². The summed E-state index contributed by atoms with van der Waals surface area (Å²) >= 11 is 0. The first-order chi connectivity index (χ1) is 10.5. The zero-order chi connectivity index (χ0) is 16.3. The lowest BCUT2D eigenvalue weighted by Gasteiger charge is -2.27. The van der Waals surface area contributed by atoms with Crippen LogP contribution in [0.4, 0.5) is 5.69 Å². The zero-order valence-corrected chi connectivity index (χ0v) is 12.4. The van der Waals surface area contributed by atoms with Crippen LogP contribution in [-0.4, -0.2) is 32.7 Å². The molecular formula is C14H20N4O4. The van der Waals surface area contributed by atoms with Crippen LogP contribution in [0, 0.1) is 11.8 Å². The maximum absolute atomic E-state index is 12.4. The molecule has 1 heterocycles. The number of amides is 2. The first-order valence-electron chi connectivity index (χ1n) is 7.35. The highest BCUT2D eigenvalue weighted by Crippen LogP contribution is 2.31. The van der Waals surface area contributed by atoms with Crippen molar-refractivity contribution in [3.05, 3.63) is 11.9 Å². The fourth-order valence-corrected chi connectivity index (χ4v) is 2.94. The van der Waals surface area contributed by atoms with Gasteiger partial charge in [0.2, 0.25) is 5.91 Å². The van der Waals surface area contributed by atoms with Crippen LogP contribution in [0.2, 0.25) is 0 Å². The average molecular weight is 308 g/mol. The van der Waals surface area contributed by atoms with Crippen molar-refractivity contribution in [2.24, 2.45) is 17.6 Å². The van der Waals surface area contributed by atoms with Gasteiger partial charge in [-0.05, 0) is 19.8 Å². The van der Waals surface area contributed by atoms with E-state index >= 15 is 0 Å². The normalized spacial score (nSPS) is 21.3. The summed E-state index contributed by atoms with van der Waals surface area (Å²) in [6.45, 7) is 2.24. The summed E-state index contributed by atoms with van der Waals surface area (Å²) in [7, 11) is 0. The highest BCUT2D eigenvalue weighted by atomic mass is 16.4. The van der Waals surface area contributed by atoms with Crippen LogP contribution in [0.15, 0.2) is 6.20 Å². The Bertz CT molecular complexity index is 596. The summed E-state index contributed by atoms with van der Waals surface area (Å²) in [6.07, 6.45) is 4.00. The van der Waals surface area contributed by atoms with Crippen molar-refractivity contribution in [3.63, 3.8) is 0 Å². The SMILES string of the molecule is CCn1ncc(NC(=O)[C@H]2CCCC[C@H]2C(=O)O)c1C(N)=O.